The Bertz CT molecular complexity index is 927. The molecule has 0 spiro atoms. The highest BCUT2D eigenvalue weighted by molar-refractivity contribution is 5.99. The summed E-state index contributed by atoms with van der Waals surface area (Å²) in [5.74, 6) is -3.20. The molecule has 0 atom stereocenters. The molecule has 0 unspecified atom stereocenters. The predicted octanol–water partition coefficient (Wildman–Crippen LogP) is 1.60. The molecule has 3 rings (SSSR count). The summed E-state index contributed by atoms with van der Waals surface area (Å²) in [4.78, 5) is 38.0. The highest BCUT2D eigenvalue weighted by Crippen LogP contribution is 2.14. The van der Waals surface area contributed by atoms with E-state index in [4.69, 9.17) is 4.74 Å². The molecule has 0 radical (unpaired) electrons. The van der Waals surface area contributed by atoms with Crippen LogP contribution in [0.2, 0.25) is 0 Å². The molecule has 8 nitrogen and oxygen atoms in total. The molecule has 3 N–H and O–H groups in total. The van der Waals surface area contributed by atoms with Crippen molar-refractivity contribution in [2.45, 2.75) is 0 Å². The van der Waals surface area contributed by atoms with E-state index in [1.807, 2.05) is 4.90 Å². The molecule has 10 heteroatoms. The van der Waals surface area contributed by atoms with E-state index < -0.39 is 23.4 Å². The van der Waals surface area contributed by atoms with Gasteiger partial charge in [0.15, 0.2) is 0 Å². The SMILES string of the molecule is O=C(CNC(=O)c1cc(F)cc(F)c1)Nc1ccc(NC(=O)CN2CCOCC2)cc1. The van der Waals surface area contributed by atoms with E-state index in [1.54, 1.807) is 24.3 Å². The first-order valence-electron chi connectivity index (χ1n) is 9.63. The summed E-state index contributed by atoms with van der Waals surface area (Å²) in [5.41, 5.74) is 0.822. The number of halogens is 2. The van der Waals surface area contributed by atoms with Gasteiger partial charge < -0.3 is 20.7 Å². The van der Waals surface area contributed by atoms with Gasteiger partial charge in [-0.25, -0.2) is 8.78 Å². The Morgan fingerprint density at radius 1 is 0.871 bits per heavy atom. The van der Waals surface area contributed by atoms with Crippen LogP contribution >= 0.6 is 0 Å². The number of hydrogen-bond acceptors (Lipinski definition) is 5. The van der Waals surface area contributed by atoms with Gasteiger partial charge in [-0.15, -0.1) is 0 Å². The summed E-state index contributed by atoms with van der Waals surface area (Å²) in [7, 11) is 0. The van der Waals surface area contributed by atoms with E-state index in [0.29, 0.717) is 43.7 Å². The molecule has 2 aromatic carbocycles. The lowest BCUT2D eigenvalue weighted by molar-refractivity contribution is -0.118. The number of benzene rings is 2. The molecule has 3 amide bonds. The zero-order valence-corrected chi connectivity index (χ0v) is 16.6. The monoisotopic (exact) mass is 432 g/mol. The third-order valence-electron chi connectivity index (χ3n) is 4.46. The Balaban J connectivity index is 1.43. The number of ether oxygens (including phenoxy) is 1. The van der Waals surface area contributed by atoms with Gasteiger partial charge in [-0.1, -0.05) is 0 Å². The summed E-state index contributed by atoms with van der Waals surface area (Å²) in [6.45, 7) is 2.54. The van der Waals surface area contributed by atoms with Gasteiger partial charge in [-0.3, -0.25) is 19.3 Å². The lowest BCUT2D eigenvalue weighted by Gasteiger charge is -2.25. The third kappa shape index (κ3) is 7.12. The molecule has 1 aliphatic rings. The zero-order valence-electron chi connectivity index (χ0n) is 16.6. The van der Waals surface area contributed by atoms with E-state index in [0.717, 1.165) is 12.1 Å². The lowest BCUT2D eigenvalue weighted by Crippen LogP contribution is -2.41. The topological polar surface area (TPSA) is 99.8 Å². The quantitative estimate of drug-likeness (QED) is 0.617. The maximum absolute atomic E-state index is 13.2. The fourth-order valence-corrected chi connectivity index (χ4v) is 2.95. The summed E-state index contributed by atoms with van der Waals surface area (Å²) in [5, 5.41) is 7.66. The van der Waals surface area contributed by atoms with Crippen molar-refractivity contribution in [2.24, 2.45) is 0 Å². The van der Waals surface area contributed by atoms with Crippen molar-refractivity contribution in [3.8, 4) is 0 Å². The molecular weight excluding hydrogens is 410 g/mol. The molecule has 1 aliphatic heterocycles. The van der Waals surface area contributed by atoms with Gasteiger partial charge in [0.25, 0.3) is 5.91 Å². The first-order valence-corrected chi connectivity index (χ1v) is 9.63. The Labute approximate surface area is 177 Å². The standard InChI is InChI=1S/C21H22F2N4O4/c22-15-9-14(10-16(23)11-15)21(30)24-12-19(28)25-17-1-3-18(4-2-17)26-20(29)13-27-5-7-31-8-6-27/h1-4,9-11H,5-8,12-13H2,(H,24,30)(H,25,28)(H,26,29). The minimum absolute atomic E-state index is 0.143. The number of carbonyl (C=O) groups excluding carboxylic acids is 3. The van der Waals surface area contributed by atoms with Gasteiger partial charge in [0, 0.05) is 36.1 Å². The Kier molecular flexibility index (Phi) is 7.63. The molecule has 2 aromatic rings. The van der Waals surface area contributed by atoms with Crippen molar-refractivity contribution in [3.05, 3.63) is 59.7 Å². The van der Waals surface area contributed by atoms with E-state index in [1.165, 1.54) is 0 Å². The predicted molar refractivity (Wildman–Crippen MR) is 110 cm³/mol. The van der Waals surface area contributed by atoms with Crippen LogP contribution in [0.1, 0.15) is 10.4 Å². The molecule has 1 saturated heterocycles. The number of nitrogens with zero attached hydrogens (tertiary/aromatic N) is 1. The molecule has 31 heavy (non-hydrogen) atoms. The first-order chi connectivity index (χ1) is 14.9. The molecule has 1 fully saturated rings. The fraction of sp³-hybridized carbons (Fsp3) is 0.286. The molecule has 0 saturated carbocycles. The van der Waals surface area contributed by atoms with Crippen molar-refractivity contribution >= 4 is 29.1 Å². The maximum atomic E-state index is 13.2. The van der Waals surface area contributed by atoms with Crippen molar-refractivity contribution < 1.29 is 27.9 Å². The first kappa shape index (κ1) is 22.3. The Hall–Kier alpha value is -3.37. The van der Waals surface area contributed by atoms with Gasteiger partial charge in [0.1, 0.15) is 11.6 Å². The Morgan fingerprint density at radius 3 is 2.00 bits per heavy atom. The van der Waals surface area contributed by atoms with E-state index in [-0.39, 0.29) is 24.6 Å². The van der Waals surface area contributed by atoms with Gasteiger partial charge in [0.2, 0.25) is 11.8 Å². The molecule has 0 aromatic heterocycles. The summed E-state index contributed by atoms with van der Waals surface area (Å²) in [6, 6.07) is 8.89. The average molecular weight is 432 g/mol. The maximum Gasteiger partial charge on any atom is 0.251 e. The largest absolute Gasteiger partial charge is 0.379 e. The van der Waals surface area contributed by atoms with E-state index in [9.17, 15) is 23.2 Å². The van der Waals surface area contributed by atoms with Crippen LogP contribution in [-0.2, 0) is 14.3 Å². The normalized spacial score (nSPS) is 14.0. The van der Waals surface area contributed by atoms with Crippen LogP contribution < -0.4 is 16.0 Å². The van der Waals surface area contributed by atoms with E-state index in [2.05, 4.69) is 16.0 Å². The number of nitrogens with one attached hydrogen (secondary N) is 3. The van der Waals surface area contributed by atoms with Gasteiger partial charge in [-0.05, 0) is 36.4 Å². The lowest BCUT2D eigenvalue weighted by atomic mass is 10.2. The third-order valence-corrected chi connectivity index (χ3v) is 4.46. The van der Waals surface area contributed by atoms with Crippen molar-refractivity contribution in [2.75, 3.05) is 50.0 Å². The van der Waals surface area contributed by atoms with Crippen LogP contribution in [0.3, 0.4) is 0 Å². The highest BCUT2D eigenvalue weighted by atomic mass is 19.1. The van der Waals surface area contributed by atoms with Gasteiger partial charge >= 0.3 is 0 Å². The number of carbonyl (C=O) groups is 3. The molecule has 0 bridgehead atoms. The van der Waals surface area contributed by atoms with Crippen LogP contribution in [0.15, 0.2) is 42.5 Å². The van der Waals surface area contributed by atoms with Crippen LogP contribution in [0.5, 0.6) is 0 Å². The molecule has 164 valence electrons. The highest BCUT2D eigenvalue weighted by Gasteiger charge is 2.14. The second-order valence-corrected chi connectivity index (χ2v) is 6.90. The zero-order chi connectivity index (χ0) is 22.2. The number of hydrogen-bond donors (Lipinski definition) is 3. The average Bonchev–Trinajstić information content (AvgIpc) is 2.73. The van der Waals surface area contributed by atoms with Crippen LogP contribution in [-0.4, -0.2) is 62.0 Å². The van der Waals surface area contributed by atoms with Crippen molar-refractivity contribution in [1.82, 2.24) is 10.2 Å². The second-order valence-electron chi connectivity index (χ2n) is 6.90. The fourth-order valence-electron chi connectivity index (χ4n) is 2.95. The van der Waals surface area contributed by atoms with Crippen LogP contribution in [0.4, 0.5) is 20.2 Å². The van der Waals surface area contributed by atoms with Crippen molar-refractivity contribution in [1.29, 1.82) is 0 Å². The summed E-state index contributed by atoms with van der Waals surface area (Å²) >= 11 is 0. The van der Waals surface area contributed by atoms with Crippen molar-refractivity contribution in [3.63, 3.8) is 0 Å². The number of anilines is 2. The second kappa shape index (κ2) is 10.6. The summed E-state index contributed by atoms with van der Waals surface area (Å²) in [6.07, 6.45) is 0. The van der Waals surface area contributed by atoms with Gasteiger partial charge in [-0.2, -0.15) is 0 Å². The van der Waals surface area contributed by atoms with Crippen LogP contribution in [0.25, 0.3) is 0 Å². The molecular formula is C21H22F2N4O4. The number of morpholine rings is 1. The summed E-state index contributed by atoms with van der Waals surface area (Å²) < 4.78 is 31.6. The van der Waals surface area contributed by atoms with Crippen LogP contribution in [0, 0.1) is 11.6 Å². The number of rotatable bonds is 7. The minimum atomic E-state index is -0.883. The molecule has 1 heterocycles. The number of amides is 3. The minimum Gasteiger partial charge on any atom is -0.379 e. The smallest absolute Gasteiger partial charge is 0.251 e. The Morgan fingerprint density at radius 2 is 1.42 bits per heavy atom. The molecule has 0 aliphatic carbocycles. The van der Waals surface area contributed by atoms with E-state index >= 15 is 0 Å². The van der Waals surface area contributed by atoms with Gasteiger partial charge in [0.05, 0.1) is 26.3 Å².